The Labute approximate surface area is 142 Å². The fraction of sp³-hybridized carbons (Fsp3) is 0.722. The molecule has 4 rings (SSSR count). The second-order valence-electron chi connectivity index (χ2n) is 7.58. The molecule has 6 heteroatoms. The summed E-state index contributed by atoms with van der Waals surface area (Å²) in [5, 5.41) is 7.46. The number of hydrogen-bond donors (Lipinski definition) is 1. The van der Waals surface area contributed by atoms with Crippen LogP contribution < -0.4 is 5.32 Å². The number of rotatable bonds is 5. The molecule has 1 aromatic heterocycles. The summed E-state index contributed by atoms with van der Waals surface area (Å²) in [5.41, 5.74) is 1.63. The molecule has 3 fully saturated rings. The molecule has 1 unspecified atom stereocenters. The maximum atomic E-state index is 12.5. The van der Waals surface area contributed by atoms with Crippen molar-refractivity contribution in [1.29, 1.82) is 0 Å². The lowest BCUT2D eigenvalue weighted by Gasteiger charge is -2.16. The highest BCUT2D eigenvalue weighted by molar-refractivity contribution is 5.95. The Morgan fingerprint density at radius 3 is 2.71 bits per heavy atom. The van der Waals surface area contributed by atoms with Crippen LogP contribution in [0.1, 0.15) is 67.0 Å². The van der Waals surface area contributed by atoms with Gasteiger partial charge in [-0.1, -0.05) is 12.8 Å². The number of aromatic nitrogens is 2. The molecule has 0 radical (unpaired) electrons. The van der Waals surface area contributed by atoms with Crippen molar-refractivity contribution in [2.75, 3.05) is 13.1 Å². The molecule has 1 aliphatic heterocycles. The van der Waals surface area contributed by atoms with E-state index in [9.17, 15) is 9.59 Å². The van der Waals surface area contributed by atoms with Gasteiger partial charge in [0, 0.05) is 37.2 Å². The Kier molecular flexibility index (Phi) is 4.06. The minimum absolute atomic E-state index is 0.0610. The molecule has 1 N–H and O–H groups in total. The van der Waals surface area contributed by atoms with Gasteiger partial charge in [0.2, 0.25) is 5.91 Å². The van der Waals surface area contributed by atoms with Crippen molar-refractivity contribution in [2.45, 2.75) is 64.0 Å². The number of amides is 2. The van der Waals surface area contributed by atoms with Crippen LogP contribution in [0.25, 0.3) is 0 Å². The van der Waals surface area contributed by atoms with Gasteiger partial charge in [-0.2, -0.15) is 5.10 Å². The van der Waals surface area contributed by atoms with E-state index >= 15 is 0 Å². The van der Waals surface area contributed by atoms with E-state index in [1.165, 1.54) is 12.8 Å². The fourth-order valence-corrected chi connectivity index (χ4v) is 4.18. The van der Waals surface area contributed by atoms with Crippen LogP contribution in [0.2, 0.25) is 0 Å². The van der Waals surface area contributed by atoms with Crippen molar-refractivity contribution >= 4 is 11.8 Å². The van der Waals surface area contributed by atoms with Crippen LogP contribution in [0.3, 0.4) is 0 Å². The molecular formula is C18H26N4O2. The third-order valence-corrected chi connectivity index (χ3v) is 5.74. The first-order valence-electron chi connectivity index (χ1n) is 9.25. The highest BCUT2D eigenvalue weighted by Gasteiger charge is 2.39. The maximum absolute atomic E-state index is 12.5. The van der Waals surface area contributed by atoms with E-state index in [4.69, 9.17) is 0 Å². The SMILES string of the molecule is Cc1c(C(=O)NCC2CC(=O)N(C3CC3)C2)cnn1C1CCCC1. The predicted octanol–water partition coefficient (Wildman–Crippen LogP) is 2.05. The Morgan fingerprint density at radius 1 is 1.25 bits per heavy atom. The van der Waals surface area contributed by atoms with Crippen molar-refractivity contribution in [3.8, 4) is 0 Å². The van der Waals surface area contributed by atoms with Gasteiger partial charge >= 0.3 is 0 Å². The second kappa shape index (κ2) is 6.22. The molecule has 3 aliphatic rings. The summed E-state index contributed by atoms with van der Waals surface area (Å²) in [7, 11) is 0. The molecule has 1 atom stereocenters. The molecule has 0 spiro atoms. The van der Waals surface area contributed by atoms with Gasteiger partial charge in [0.05, 0.1) is 17.8 Å². The van der Waals surface area contributed by atoms with Gasteiger partial charge in [-0.05, 0) is 32.6 Å². The van der Waals surface area contributed by atoms with Crippen LogP contribution in [0, 0.1) is 12.8 Å². The summed E-state index contributed by atoms with van der Waals surface area (Å²) in [5.74, 6) is 0.434. The molecule has 0 aromatic carbocycles. The average molecular weight is 330 g/mol. The Balaban J connectivity index is 1.34. The first-order valence-corrected chi connectivity index (χ1v) is 9.25. The van der Waals surface area contributed by atoms with Crippen molar-refractivity contribution < 1.29 is 9.59 Å². The molecule has 6 nitrogen and oxygen atoms in total. The summed E-state index contributed by atoms with van der Waals surface area (Å²) in [6, 6.07) is 0.927. The van der Waals surface area contributed by atoms with E-state index in [0.717, 1.165) is 37.9 Å². The zero-order valence-corrected chi connectivity index (χ0v) is 14.3. The van der Waals surface area contributed by atoms with Gasteiger partial charge in [-0.25, -0.2) is 0 Å². The number of nitrogens with zero attached hydrogens (tertiary/aromatic N) is 3. The summed E-state index contributed by atoms with van der Waals surface area (Å²) < 4.78 is 2.02. The van der Waals surface area contributed by atoms with E-state index in [-0.39, 0.29) is 17.7 Å². The molecule has 1 saturated heterocycles. The zero-order valence-electron chi connectivity index (χ0n) is 14.3. The fourth-order valence-electron chi connectivity index (χ4n) is 4.18. The third kappa shape index (κ3) is 2.94. The Bertz CT molecular complexity index is 643. The highest BCUT2D eigenvalue weighted by Crippen LogP contribution is 2.32. The first kappa shape index (κ1) is 15.7. The standard InChI is InChI=1S/C18H26N4O2/c1-12-16(10-20-22(12)15-4-2-3-5-15)18(24)19-9-13-8-17(23)21(11-13)14-6-7-14/h10,13-15H,2-9,11H2,1H3,(H,19,24). The van der Waals surface area contributed by atoms with Crippen molar-refractivity contribution in [3.63, 3.8) is 0 Å². The van der Waals surface area contributed by atoms with Gasteiger partial charge in [0.25, 0.3) is 5.91 Å². The number of carbonyl (C=O) groups is 2. The molecule has 24 heavy (non-hydrogen) atoms. The lowest BCUT2D eigenvalue weighted by atomic mass is 10.1. The normalized spacial score (nSPS) is 24.8. The molecule has 0 bridgehead atoms. The van der Waals surface area contributed by atoms with Gasteiger partial charge < -0.3 is 10.2 Å². The number of likely N-dealkylation sites (tertiary alicyclic amines) is 1. The monoisotopic (exact) mass is 330 g/mol. The number of hydrogen-bond acceptors (Lipinski definition) is 3. The van der Waals surface area contributed by atoms with Crippen LogP contribution in [-0.4, -0.2) is 45.6 Å². The quantitative estimate of drug-likeness (QED) is 0.898. The molecule has 2 heterocycles. The largest absolute Gasteiger partial charge is 0.352 e. The van der Waals surface area contributed by atoms with Crippen LogP contribution in [0.5, 0.6) is 0 Å². The van der Waals surface area contributed by atoms with Gasteiger partial charge in [0.1, 0.15) is 0 Å². The Morgan fingerprint density at radius 2 is 2.00 bits per heavy atom. The zero-order chi connectivity index (χ0) is 16.7. The van der Waals surface area contributed by atoms with Gasteiger partial charge in [0.15, 0.2) is 0 Å². The topological polar surface area (TPSA) is 67.2 Å². The predicted molar refractivity (Wildman–Crippen MR) is 89.6 cm³/mol. The molecular weight excluding hydrogens is 304 g/mol. The van der Waals surface area contributed by atoms with E-state index in [2.05, 4.69) is 10.4 Å². The van der Waals surface area contributed by atoms with E-state index in [0.29, 0.717) is 30.6 Å². The van der Waals surface area contributed by atoms with Crippen LogP contribution in [0.4, 0.5) is 0 Å². The molecule has 130 valence electrons. The van der Waals surface area contributed by atoms with Crippen LogP contribution in [0.15, 0.2) is 6.20 Å². The summed E-state index contributed by atoms with van der Waals surface area (Å²) >= 11 is 0. The van der Waals surface area contributed by atoms with Crippen molar-refractivity contribution in [2.24, 2.45) is 5.92 Å². The lowest BCUT2D eigenvalue weighted by molar-refractivity contribution is -0.128. The average Bonchev–Trinajstić information content (AvgIpc) is 2.96. The van der Waals surface area contributed by atoms with Gasteiger partial charge in [-0.3, -0.25) is 14.3 Å². The minimum Gasteiger partial charge on any atom is -0.352 e. The molecule has 2 saturated carbocycles. The summed E-state index contributed by atoms with van der Waals surface area (Å²) in [6.45, 7) is 3.35. The van der Waals surface area contributed by atoms with E-state index in [1.807, 2.05) is 16.5 Å². The van der Waals surface area contributed by atoms with E-state index < -0.39 is 0 Å². The highest BCUT2D eigenvalue weighted by atomic mass is 16.2. The van der Waals surface area contributed by atoms with Crippen LogP contribution in [-0.2, 0) is 4.79 Å². The molecule has 1 aromatic rings. The Hall–Kier alpha value is -1.85. The van der Waals surface area contributed by atoms with E-state index in [1.54, 1.807) is 6.20 Å². The van der Waals surface area contributed by atoms with Gasteiger partial charge in [-0.15, -0.1) is 0 Å². The third-order valence-electron chi connectivity index (χ3n) is 5.74. The molecule has 2 amide bonds. The maximum Gasteiger partial charge on any atom is 0.254 e. The second-order valence-corrected chi connectivity index (χ2v) is 7.58. The smallest absolute Gasteiger partial charge is 0.254 e. The van der Waals surface area contributed by atoms with Crippen molar-refractivity contribution in [3.05, 3.63) is 17.5 Å². The first-order chi connectivity index (χ1) is 11.6. The van der Waals surface area contributed by atoms with Crippen LogP contribution >= 0.6 is 0 Å². The molecule has 2 aliphatic carbocycles. The number of carbonyl (C=O) groups excluding carboxylic acids is 2. The number of nitrogens with one attached hydrogen (secondary N) is 1. The van der Waals surface area contributed by atoms with Crippen molar-refractivity contribution in [1.82, 2.24) is 20.0 Å². The summed E-state index contributed by atoms with van der Waals surface area (Å²) in [4.78, 5) is 26.5. The lowest BCUT2D eigenvalue weighted by Crippen LogP contribution is -2.32. The summed E-state index contributed by atoms with van der Waals surface area (Å²) in [6.07, 6.45) is 9.36. The minimum atomic E-state index is -0.0610.